The maximum Gasteiger partial charge on any atom is 0.0992 e. The van der Waals surface area contributed by atoms with Crippen molar-refractivity contribution in [3.63, 3.8) is 0 Å². The maximum atomic E-state index is 8.69. The van der Waals surface area contributed by atoms with Crippen LogP contribution in [0.25, 0.3) is 5.69 Å². The fourth-order valence-corrected chi connectivity index (χ4v) is 1.75. The van der Waals surface area contributed by atoms with Gasteiger partial charge in [0.15, 0.2) is 0 Å². The van der Waals surface area contributed by atoms with Crippen molar-refractivity contribution < 1.29 is 0 Å². The van der Waals surface area contributed by atoms with Gasteiger partial charge in [0.05, 0.1) is 33.0 Å². The zero-order chi connectivity index (χ0) is 10.8. The first kappa shape index (κ1) is 10.2. The first-order valence-corrected chi connectivity index (χ1v) is 5.28. The highest BCUT2D eigenvalue weighted by Gasteiger charge is 2.05. The Balaban J connectivity index is 2.51. The number of aromatic nitrogens is 2. The molecule has 74 valence electrons. The number of hydrogen-bond donors (Lipinski definition) is 0. The molecular formula is C10H5BrClN3. The number of benzene rings is 1. The summed E-state index contributed by atoms with van der Waals surface area (Å²) in [7, 11) is 0. The van der Waals surface area contributed by atoms with E-state index in [4.69, 9.17) is 16.9 Å². The monoisotopic (exact) mass is 281 g/mol. The molecule has 0 amide bonds. The van der Waals surface area contributed by atoms with E-state index in [0.717, 1.165) is 10.2 Å². The van der Waals surface area contributed by atoms with E-state index in [1.54, 1.807) is 35.3 Å². The molecule has 0 spiro atoms. The fourth-order valence-electron chi connectivity index (χ4n) is 1.19. The van der Waals surface area contributed by atoms with Gasteiger partial charge in [-0.2, -0.15) is 10.4 Å². The van der Waals surface area contributed by atoms with Gasteiger partial charge < -0.3 is 0 Å². The van der Waals surface area contributed by atoms with Gasteiger partial charge in [-0.25, -0.2) is 4.68 Å². The van der Waals surface area contributed by atoms with Crippen LogP contribution in [0.3, 0.4) is 0 Å². The number of nitrogens with zero attached hydrogens (tertiary/aromatic N) is 3. The Morgan fingerprint density at radius 1 is 1.47 bits per heavy atom. The molecule has 15 heavy (non-hydrogen) atoms. The molecule has 1 heterocycles. The third-order valence-corrected chi connectivity index (χ3v) is 2.59. The summed E-state index contributed by atoms with van der Waals surface area (Å²) in [5, 5.41) is 13.3. The Kier molecular flexibility index (Phi) is 2.76. The summed E-state index contributed by atoms with van der Waals surface area (Å²) in [6, 6.07) is 7.12. The molecule has 0 aliphatic heterocycles. The second-order valence-electron chi connectivity index (χ2n) is 2.88. The molecule has 0 fully saturated rings. The van der Waals surface area contributed by atoms with Crippen molar-refractivity contribution in [1.82, 2.24) is 9.78 Å². The highest BCUT2D eigenvalue weighted by Crippen LogP contribution is 2.22. The van der Waals surface area contributed by atoms with Crippen LogP contribution >= 0.6 is 27.5 Å². The van der Waals surface area contributed by atoms with Crippen molar-refractivity contribution in [2.75, 3.05) is 0 Å². The SMILES string of the molecule is N#Cc1ccc(-n2cc(Br)cn2)c(Cl)c1. The third kappa shape index (κ3) is 2.04. The van der Waals surface area contributed by atoms with E-state index in [-0.39, 0.29) is 0 Å². The summed E-state index contributed by atoms with van der Waals surface area (Å²) in [5.74, 6) is 0. The minimum atomic E-state index is 0.504. The lowest BCUT2D eigenvalue weighted by molar-refractivity contribution is 0.880. The molecule has 1 aromatic heterocycles. The van der Waals surface area contributed by atoms with Crippen molar-refractivity contribution in [3.05, 3.63) is 45.7 Å². The van der Waals surface area contributed by atoms with E-state index in [2.05, 4.69) is 21.0 Å². The van der Waals surface area contributed by atoms with Gasteiger partial charge in [0.25, 0.3) is 0 Å². The average Bonchev–Trinajstić information content (AvgIpc) is 2.64. The van der Waals surface area contributed by atoms with Crippen LogP contribution < -0.4 is 0 Å². The molecule has 0 unspecified atom stereocenters. The van der Waals surface area contributed by atoms with E-state index in [9.17, 15) is 0 Å². The number of hydrogen-bond acceptors (Lipinski definition) is 2. The summed E-state index contributed by atoms with van der Waals surface area (Å²) in [4.78, 5) is 0. The summed E-state index contributed by atoms with van der Waals surface area (Å²) in [6.45, 7) is 0. The molecule has 2 rings (SSSR count). The topological polar surface area (TPSA) is 41.6 Å². The van der Waals surface area contributed by atoms with Crippen LogP contribution in [0.1, 0.15) is 5.56 Å². The summed E-state index contributed by atoms with van der Waals surface area (Å²) in [5.41, 5.74) is 1.29. The zero-order valence-electron chi connectivity index (χ0n) is 7.48. The lowest BCUT2D eigenvalue weighted by Gasteiger charge is -2.03. The van der Waals surface area contributed by atoms with Crippen LogP contribution in [0.4, 0.5) is 0 Å². The lowest BCUT2D eigenvalue weighted by Crippen LogP contribution is -1.95. The molecule has 1 aromatic carbocycles. The molecule has 3 nitrogen and oxygen atoms in total. The quantitative estimate of drug-likeness (QED) is 0.806. The Hall–Kier alpha value is -1.31. The average molecular weight is 283 g/mol. The summed E-state index contributed by atoms with van der Waals surface area (Å²) < 4.78 is 2.52. The summed E-state index contributed by atoms with van der Waals surface area (Å²) >= 11 is 9.33. The molecule has 0 N–H and O–H groups in total. The van der Waals surface area contributed by atoms with Gasteiger partial charge in [0.1, 0.15) is 0 Å². The van der Waals surface area contributed by atoms with E-state index in [0.29, 0.717) is 10.6 Å². The van der Waals surface area contributed by atoms with Crippen LogP contribution in [0.15, 0.2) is 35.1 Å². The lowest BCUT2D eigenvalue weighted by atomic mass is 10.2. The Labute approximate surface area is 100 Å². The molecule has 0 radical (unpaired) electrons. The van der Waals surface area contributed by atoms with Gasteiger partial charge in [0.2, 0.25) is 0 Å². The fraction of sp³-hybridized carbons (Fsp3) is 0. The first-order valence-electron chi connectivity index (χ1n) is 4.11. The number of rotatable bonds is 1. The van der Waals surface area contributed by atoms with E-state index >= 15 is 0 Å². The molecule has 0 saturated carbocycles. The largest absolute Gasteiger partial charge is 0.238 e. The predicted octanol–water partition coefficient (Wildman–Crippen LogP) is 3.16. The highest BCUT2D eigenvalue weighted by molar-refractivity contribution is 9.10. The molecule has 0 bridgehead atoms. The van der Waals surface area contributed by atoms with E-state index < -0.39 is 0 Å². The molecule has 0 atom stereocenters. The Morgan fingerprint density at radius 2 is 2.27 bits per heavy atom. The van der Waals surface area contributed by atoms with Gasteiger partial charge in [-0.3, -0.25) is 0 Å². The van der Waals surface area contributed by atoms with Crippen LogP contribution in [0, 0.1) is 11.3 Å². The molecule has 5 heteroatoms. The maximum absolute atomic E-state index is 8.69. The van der Waals surface area contributed by atoms with Gasteiger partial charge in [-0.1, -0.05) is 11.6 Å². The summed E-state index contributed by atoms with van der Waals surface area (Å²) in [6.07, 6.45) is 3.47. The van der Waals surface area contributed by atoms with Crippen LogP contribution in [0.2, 0.25) is 5.02 Å². The van der Waals surface area contributed by atoms with Crippen molar-refractivity contribution >= 4 is 27.5 Å². The molecule has 0 saturated heterocycles. The van der Waals surface area contributed by atoms with Gasteiger partial charge in [-0.05, 0) is 34.1 Å². The second kappa shape index (κ2) is 4.05. The van der Waals surface area contributed by atoms with Crippen molar-refractivity contribution in [3.8, 4) is 11.8 Å². The van der Waals surface area contributed by atoms with Crippen molar-refractivity contribution in [1.29, 1.82) is 5.26 Å². The minimum absolute atomic E-state index is 0.504. The van der Waals surface area contributed by atoms with E-state index in [1.807, 2.05) is 6.07 Å². The normalized spacial score (nSPS) is 9.93. The molecule has 2 aromatic rings. The minimum Gasteiger partial charge on any atom is -0.238 e. The first-order chi connectivity index (χ1) is 7.20. The smallest absolute Gasteiger partial charge is 0.0992 e. The molecule has 0 aliphatic rings. The molecule has 0 aliphatic carbocycles. The zero-order valence-corrected chi connectivity index (χ0v) is 9.83. The standard InChI is InChI=1S/C10H5BrClN3/c11-8-5-14-15(6-8)10-2-1-7(4-13)3-9(10)12/h1-3,5-6H. The predicted molar refractivity (Wildman–Crippen MR) is 61.0 cm³/mol. The van der Waals surface area contributed by atoms with Gasteiger partial charge >= 0.3 is 0 Å². The van der Waals surface area contributed by atoms with Gasteiger partial charge in [0, 0.05) is 6.20 Å². The van der Waals surface area contributed by atoms with Gasteiger partial charge in [-0.15, -0.1) is 0 Å². The number of nitriles is 1. The van der Waals surface area contributed by atoms with Crippen LogP contribution in [-0.4, -0.2) is 9.78 Å². The Morgan fingerprint density at radius 3 is 2.80 bits per heavy atom. The van der Waals surface area contributed by atoms with Crippen LogP contribution in [0.5, 0.6) is 0 Å². The van der Waals surface area contributed by atoms with Crippen LogP contribution in [-0.2, 0) is 0 Å². The number of halogens is 2. The third-order valence-electron chi connectivity index (χ3n) is 1.87. The van der Waals surface area contributed by atoms with Crippen molar-refractivity contribution in [2.24, 2.45) is 0 Å². The Bertz CT molecular complexity index is 542. The van der Waals surface area contributed by atoms with Crippen molar-refractivity contribution in [2.45, 2.75) is 0 Å². The van der Waals surface area contributed by atoms with E-state index in [1.165, 1.54) is 0 Å². The second-order valence-corrected chi connectivity index (χ2v) is 4.20. The molecular weight excluding hydrogens is 277 g/mol. The highest BCUT2D eigenvalue weighted by atomic mass is 79.9.